The lowest BCUT2D eigenvalue weighted by molar-refractivity contribution is 0.00419. The molecule has 2 saturated heterocycles. The van der Waals surface area contributed by atoms with Crippen LogP contribution in [0.5, 0.6) is 0 Å². The first-order valence-corrected chi connectivity index (χ1v) is 11.4. The van der Waals surface area contributed by atoms with Crippen molar-refractivity contribution >= 4 is 34.1 Å². The fourth-order valence-corrected chi connectivity index (χ4v) is 4.91. The van der Waals surface area contributed by atoms with Crippen LogP contribution in [0.15, 0.2) is 24.3 Å². The van der Waals surface area contributed by atoms with E-state index in [1.54, 1.807) is 11.3 Å². The molecule has 31 heavy (non-hydrogen) atoms. The molecule has 1 aromatic carbocycles. The number of nitrogens with one attached hydrogen (secondary N) is 1. The molecule has 0 atom stereocenters. The maximum absolute atomic E-state index is 12.8. The number of ether oxygens (including phenoxy) is 1. The lowest BCUT2D eigenvalue weighted by Gasteiger charge is -2.39. The van der Waals surface area contributed by atoms with Crippen LogP contribution in [0.2, 0.25) is 0 Å². The van der Waals surface area contributed by atoms with E-state index in [0.717, 1.165) is 78.7 Å². The Morgan fingerprint density at radius 1 is 1.06 bits per heavy atom. The van der Waals surface area contributed by atoms with Gasteiger partial charge in [0.1, 0.15) is 10.0 Å². The lowest BCUT2D eigenvalue weighted by Crippen LogP contribution is -2.50. The standard InChI is InChI=1S/C21H25N7O2S/c1-14-23-26-20(31-14)15-2-3-18-16(12-15)13-19(25-24-18)22-21(29)28-6-4-17(5-7-28)27-8-10-30-11-9-27/h2-3,12-13,17H,4-11H2,1H3,(H,22,25,29). The number of amides is 2. The van der Waals surface area contributed by atoms with Crippen LogP contribution >= 0.6 is 11.3 Å². The summed E-state index contributed by atoms with van der Waals surface area (Å²) in [6.07, 6.45) is 1.98. The van der Waals surface area contributed by atoms with E-state index in [2.05, 4.69) is 30.6 Å². The first-order valence-electron chi connectivity index (χ1n) is 10.6. The Morgan fingerprint density at radius 3 is 2.61 bits per heavy atom. The number of carbonyl (C=O) groups is 1. The second-order valence-electron chi connectivity index (χ2n) is 7.93. The third-order valence-electron chi connectivity index (χ3n) is 5.91. The second kappa shape index (κ2) is 8.81. The van der Waals surface area contributed by atoms with Gasteiger partial charge in [-0.05, 0) is 44.0 Å². The van der Waals surface area contributed by atoms with Crippen LogP contribution in [0.4, 0.5) is 10.6 Å². The van der Waals surface area contributed by atoms with Crippen molar-refractivity contribution in [3.8, 4) is 10.6 Å². The number of aromatic nitrogens is 4. The van der Waals surface area contributed by atoms with E-state index < -0.39 is 0 Å². The number of rotatable bonds is 3. The third-order valence-corrected chi connectivity index (χ3v) is 6.79. The van der Waals surface area contributed by atoms with Crippen LogP contribution in [0.25, 0.3) is 21.5 Å². The predicted octanol–water partition coefficient (Wildman–Crippen LogP) is 2.79. The van der Waals surface area contributed by atoms with Crippen LogP contribution in [-0.2, 0) is 4.74 Å². The highest BCUT2D eigenvalue weighted by atomic mass is 32.1. The Hall–Kier alpha value is -2.69. The first-order chi connectivity index (χ1) is 15.2. The molecule has 2 amide bonds. The van der Waals surface area contributed by atoms with Crippen molar-refractivity contribution < 1.29 is 9.53 Å². The summed E-state index contributed by atoms with van der Waals surface area (Å²) in [5, 5.41) is 22.3. The number of anilines is 1. The number of fused-ring (bicyclic) bond motifs is 1. The van der Waals surface area contributed by atoms with Crippen LogP contribution < -0.4 is 5.32 Å². The maximum Gasteiger partial charge on any atom is 0.323 e. The number of likely N-dealkylation sites (tertiary alicyclic amines) is 1. The van der Waals surface area contributed by atoms with Crippen LogP contribution in [0.3, 0.4) is 0 Å². The number of hydrogen-bond acceptors (Lipinski definition) is 8. The molecule has 4 heterocycles. The Bertz CT molecular complexity index is 1070. The summed E-state index contributed by atoms with van der Waals surface area (Å²) in [6.45, 7) is 7.02. The van der Waals surface area contributed by atoms with Crippen LogP contribution in [-0.4, -0.2) is 81.7 Å². The fraction of sp³-hybridized carbons (Fsp3) is 0.476. The largest absolute Gasteiger partial charge is 0.379 e. The minimum atomic E-state index is -0.120. The summed E-state index contributed by atoms with van der Waals surface area (Å²) in [4.78, 5) is 17.1. The average molecular weight is 440 g/mol. The monoisotopic (exact) mass is 439 g/mol. The zero-order valence-electron chi connectivity index (χ0n) is 17.5. The van der Waals surface area contributed by atoms with Crippen molar-refractivity contribution in [3.05, 3.63) is 29.3 Å². The normalized spacial score (nSPS) is 18.4. The Labute approximate surface area is 184 Å². The molecule has 2 aliphatic heterocycles. The zero-order valence-corrected chi connectivity index (χ0v) is 18.3. The minimum absolute atomic E-state index is 0.120. The quantitative estimate of drug-likeness (QED) is 0.670. The molecule has 3 aromatic rings. The highest BCUT2D eigenvalue weighted by Crippen LogP contribution is 2.27. The molecular formula is C21H25N7O2S. The van der Waals surface area contributed by atoms with E-state index in [4.69, 9.17) is 4.74 Å². The van der Waals surface area contributed by atoms with E-state index in [0.29, 0.717) is 11.9 Å². The van der Waals surface area contributed by atoms with Gasteiger partial charge in [-0.1, -0.05) is 11.3 Å². The molecule has 10 heteroatoms. The van der Waals surface area contributed by atoms with E-state index in [1.165, 1.54) is 0 Å². The number of nitrogens with zero attached hydrogens (tertiary/aromatic N) is 6. The van der Waals surface area contributed by atoms with Crippen molar-refractivity contribution in [2.45, 2.75) is 25.8 Å². The van der Waals surface area contributed by atoms with E-state index in [1.807, 2.05) is 36.1 Å². The summed E-state index contributed by atoms with van der Waals surface area (Å²) < 4.78 is 5.45. The molecule has 1 N–H and O–H groups in total. The van der Waals surface area contributed by atoms with Gasteiger partial charge < -0.3 is 9.64 Å². The summed E-state index contributed by atoms with van der Waals surface area (Å²) in [6, 6.07) is 8.16. The van der Waals surface area contributed by atoms with Gasteiger partial charge in [-0.3, -0.25) is 10.2 Å². The van der Waals surface area contributed by atoms with Crippen molar-refractivity contribution in [2.24, 2.45) is 0 Å². The summed E-state index contributed by atoms with van der Waals surface area (Å²) >= 11 is 1.55. The predicted molar refractivity (Wildman–Crippen MR) is 119 cm³/mol. The number of aryl methyl sites for hydroxylation is 1. The molecule has 0 aliphatic carbocycles. The molecule has 0 radical (unpaired) electrons. The molecule has 5 rings (SSSR count). The van der Waals surface area contributed by atoms with Crippen molar-refractivity contribution in [1.82, 2.24) is 30.2 Å². The number of morpholine rings is 1. The highest BCUT2D eigenvalue weighted by Gasteiger charge is 2.28. The molecule has 0 saturated carbocycles. The molecule has 9 nitrogen and oxygen atoms in total. The van der Waals surface area contributed by atoms with Crippen LogP contribution in [0.1, 0.15) is 17.8 Å². The second-order valence-corrected chi connectivity index (χ2v) is 9.11. The Balaban J connectivity index is 1.24. The number of urea groups is 1. The minimum Gasteiger partial charge on any atom is -0.379 e. The molecule has 0 spiro atoms. The van der Waals surface area contributed by atoms with Gasteiger partial charge in [-0.2, -0.15) is 0 Å². The van der Waals surface area contributed by atoms with Gasteiger partial charge in [0.2, 0.25) is 0 Å². The van der Waals surface area contributed by atoms with Gasteiger partial charge in [0.25, 0.3) is 0 Å². The number of hydrogen-bond donors (Lipinski definition) is 1. The molecule has 2 aliphatic rings. The smallest absolute Gasteiger partial charge is 0.323 e. The van der Waals surface area contributed by atoms with Crippen molar-refractivity contribution in [2.75, 3.05) is 44.7 Å². The molecule has 2 fully saturated rings. The average Bonchev–Trinajstić information content (AvgIpc) is 3.25. The lowest BCUT2D eigenvalue weighted by atomic mass is 10.0. The molecular weight excluding hydrogens is 414 g/mol. The van der Waals surface area contributed by atoms with Gasteiger partial charge in [0.15, 0.2) is 5.82 Å². The van der Waals surface area contributed by atoms with Gasteiger partial charge in [0, 0.05) is 43.2 Å². The Morgan fingerprint density at radius 2 is 1.87 bits per heavy atom. The SMILES string of the molecule is Cc1nnc(-c2ccc3nnc(NC(=O)N4CCC(N5CCOCC5)CC4)cc3c2)s1. The first kappa shape index (κ1) is 20.2. The van der Waals surface area contributed by atoms with Gasteiger partial charge >= 0.3 is 6.03 Å². The van der Waals surface area contributed by atoms with Crippen molar-refractivity contribution in [1.29, 1.82) is 0 Å². The third kappa shape index (κ3) is 4.51. The fourth-order valence-electron chi connectivity index (χ4n) is 4.22. The van der Waals surface area contributed by atoms with Crippen LogP contribution in [0, 0.1) is 6.92 Å². The molecule has 2 aromatic heterocycles. The zero-order chi connectivity index (χ0) is 21.2. The highest BCUT2D eigenvalue weighted by molar-refractivity contribution is 7.14. The van der Waals surface area contributed by atoms with E-state index >= 15 is 0 Å². The maximum atomic E-state index is 12.8. The van der Waals surface area contributed by atoms with Gasteiger partial charge in [-0.25, -0.2) is 4.79 Å². The number of piperidine rings is 1. The Kier molecular flexibility index (Phi) is 5.75. The van der Waals surface area contributed by atoms with Gasteiger partial charge in [-0.15, -0.1) is 20.4 Å². The summed E-state index contributed by atoms with van der Waals surface area (Å²) in [7, 11) is 0. The molecule has 0 unspecified atom stereocenters. The molecule has 0 bridgehead atoms. The molecule has 162 valence electrons. The van der Waals surface area contributed by atoms with Crippen molar-refractivity contribution in [3.63, 3.8) is 0 Å². The van der Waals surface area contributed by atoms with Gasteiger partial charge in [0.05, 0.1) is 18.7 Å². The summed E-state index contributed by atoms with van der Waals surface area (Å²) in [5.74, 6) is 0.457. The van der Waals surface area contributed by atoms with E-state index in [9.17, 15) is 4.79 Å². The van der Waals surface area contributed by atoms with E-state index in [-0.39, 0.29) is 6.03 Å². The number of benzene rings is 1. The number of carbonyl (C=O) groups excluding carboxylic acids is 1. The topological polar surface area (TPSA) is 96.4 Å². The summed E-state index contributed by atoms with van der Waals surface area (Å²) in [5.41, 5.74) is 1.75.